The molecule has 1 aromatic heterocycles. The molecule has 25 heavy (non-hydrogen) atoms. The Morgan fingerprint density at radius 3 is 2.44 bits per heavy atom. The molecule has 0 saturated carbocycles. The van der Waals surface area contributed by atoms with Gasteiger partial charge in [-0.1, -0.05) is 54.2 Å². The van der Waals surface area contributed by atoms with Crippen molar-refractivity contribution in [3.05, 3.63) is 84.7 Å². The highest BCUT2D eigenvalue weighted by Crippen LogP contribution is 2.34. The van der Waals surface area contributed by atoms with Gasteiger partial charge in [0.25, 0.3) is 0 Å². The van der Waals surface area contributed by atoms with Gasteiger partial charge in [0.1, 0.15) is 0 Å². The van der Waals surface area contributed by atoms with Gasteiger partial charge in [0.15, 0.2) is 5.82 Å². The van der Waals surface area contributed by atoms with Crippen LogP contribution in [0.2, 0.25) is 0 Å². The standard InChI is InChI=1S/C21H17N3S/c1-24-19-13-7-5-11-17(19)23-21(24)15-22-18-12-6-8-14-20(18)25-16-9-3-2-4-10-16/h2-15H,1H3/b22-15+. The summed E-state index contributed by atoms with van der Waals surface area (Å²) >= 11 is 1.72. The van der Waals surface area contributed by atoms with Gasteiger partial charge in [-0.25, -0.2) is 4.98 Å². The number of para-hydroxylation sites is 3. The Labute approximate surface area is 151 Å². The fourth-order valence-electron chi connectivity index (χ4n) is 2.67. The van der Waals surface area contributed by atoms with Crippen molar-refractivity contribution < 1.29 is 0 Å². The van der Waals surface area contributed by atoms with Crippen LogP contribution in [0, 0.1) is 0 Å². The monoisotopic (exact) mass is 343 g/mol. The number of imidazole rings is 1. The number of fused-ring (bicyclic) bond motifs is 1. The molecule has 0 bridgehead atoms. The van der Waals surface area contributed by atoms with Crippen molar-refractivity contribution in [3.63, 3.8) is 0 Å². The Morgan fingerprint density at radius 2 is 1.60 bits per heavy atom. The summed E-state index contributed by atoms with van der Waals surface area (Å²) in [6.45, 7) is 0. The maximum atomic E-state index is 4.70. The first-order valence-electron chi connectivity index (χ1n) is 8.09. The third kappa shape index (κ3) is 3.35. The third-order valence-electron chi connectivity index (χ3n) is 3.98. The maximum absolute atomic E-state index is 4.70. The Hall–Kier alpha value is -2.85. The van der Waals surface area contributed by atoms with Crippen molar-refractivity contribution in [1.82, 2.24) is 9.55 Å². The number of rotatable bonds is 4. The van der Waals surface area contributed by atoms with Crippen LogP contribution in [0.25, 0.3) is 11.0 Å². The van der Waals surface area contributed by atoms with Crippen molar-refractivity contribution in [2.45, 2.75) is 9.79 Å². The molecule has 1 heterocycles. The van der Waals surface area contributed by atoms with Crippen LogP contribution in [0.15, 0.2) is 93.6 Å². The molecule has 0 unspecified atom stereocenters. The third-order valence-corrected chi connectivity index (χ3v) is 5.05. The predicted molar refractivity (Wildman–Crippen MR) is 105 cm³/mol. The molecule has 0 aliphatic rings. The van der Waals surface area contributed by atoms with Crippen LogP contribution >= 0.6 is 11.8 Å². The van der Waals surface area contributed by atoms with E-state index in [-0.39, 0.29) is 0 Å². The predicted octanol–water partition coefficient (Wildman–Crippen LogP) is 5.48. The lowest BCUT2D eigenvalue weighted by Gasteiger charge is -2.05. The fourth-order valence-corrected chi connectivity index (χ4v) is 3.59. The van der Waals surface area contributed by atoms with E-state index in [2.05, 4.69) is 33.8 Å². The smallest absolute Gasteiger partial charge is 0.152 e. The van der Waals surface area contributed by atoms with Gasteiger partial charge >= 0.3 is 0 Å². The number of hydrogen-bond donors (Lipinski definition) is 0. The molecule has 0 spiro atoms. The molecule has 3 aromatic carbocycles. The van der Waals surface area contributed by atoms with Crippen LogP contribution in [0.1, 0.15) is 5.82 Å². The zero-order valence-corrected chi connectivity index (χ0v) is 14.6. The highest BCUT2D eigenvalue weighted by Gasteiger charge is 2.06. The number of aromatic nitrogens is 2. The summed E-state index contributed by atoms with van der Waals surface area (Å²) in [5.74, 6) is 0.848. The Balaban J connectivity index is 1.66. The van der Waals surface area contributed by atoms with Crippen molar-refractivity contribution in [2.24, 2.45) is 12.0 Å². The van der Waals surface area contributed by atoms with Gasteiger partial charge in [0.2, 0.25) is 0 Å². The maximum Gasteiger partial charge on any atom is 0.152 e. The lowest BCUT2D eigenvalue weighted by Crippen LogP contribution is -1.95. The van der Waals surface area contributed by atoms with Gasteiger partial charge < -0.3 is 4.57 Å². The first kappa shape index (κ1) is 15.7. The Morgan fingerprint density at radius 1 is 0.880 bits per heavy atom. The molecule has 0 amide bonds. The van der Waals surface area contributed by atoms with E-state index in [0.29, 0.717) is 0 Å². The van der Waals surface area contributed by atoms with Crippen LogP contribution in [0.4, 0.5) is 5.69 Å². The van der Waals surface area contributed by atoms with Gasteiger partial charge in [0.05, 0.1) is 22.9 Å². The molecule has 3 nitrogen and oxygen atoms in total. The molecular formula is C21H17N3S. The highest BCUT2D eigenvalue weighted by molar-refractivity contribution is 7.99. The van der Waals surface area contributed by atoms with Gasteiger partial charge in [-0.15, -0.1) is 0 Å². The lowest BCUT2D eigenvalue weighted by atomic mass is 10.3. The number of nitrogens with zero attached hydrogens (tertiary/aromatic N) is 3. The quantitative estimate of drug-likeness (QED) is 0.460. The summed E-state index contributed by atoms with van der Waals surface area (Å²) in [6.07, 6.45) is 1.84. The SMILES string of the molecule is Cn1c(/C=N/c2ccccc2Sc2ccccc2)nc2ccccc21. The van der Waals surface area contributed by atoms with E-state index in [1.165, 1.54) is 4.90 Å². The second-order valence-electron chi connectivity index (χ2n) is 5.66. The first-order chi connectivity index (χ1) is 12.3. The van der Waals surface area contributed by atoms with E-state index in [1.54, 1.807) is 11.8 Å². The molecule has 122 valence electrons. The summed E-state index contributed by atoms with van der Waals surface area (Å²) in [7, 11) is 2.02. The highest BCUT2D eigenvalue weighted by atomic mass is 32.2. The molecule has 0 aliphatic carbocycles. The lowest BCUT2D eigenvalue weighted by molar-refractivity contribution is 0.934. The fraction of sp³-hybridized carbons (Fsp3) is 0.0476. The number of aliphatic imine (C=N–C) groups is 1. The number of hydrogen-bond acceptors (Lipinski definition) is 3. The zero-order chi connectivity index (χ0) is 17.1. The topological polar surface area (TPSA) is 30.2 Å². The van der Waals surface area contributed by atoms with Crippen LogP contribution in [0.3, 0.4) is 0 Å². The van der Waals surface area contributed by atoms with Crippen LogP contribution < -0.4 is 0 Å². The number of benzene rings is 3. The van der Waals surface area contributed by atoms with Gasteiger partial charge in [0, 0.05) is 16.8 Å². The van der Waals surface area contributed by atoms with Crippen LogP contribution in [-0.2, 0) is 7.05 Å². The van der Waals surface area contributed by atoms with Crippen molar-refractivity contribution >= 4 is 34.7 Å². The minimum atomic E-state index is 0.848. The first-order valence-corrected chi connectivity index (χ1v) is 8.90. The van der Waals surface area contributed by atoms with E-state index >= 15 is 0 Å². The van der Waals surface area contributed by atoms with Crippen molar-refractivity contribution in [2.75, 3.05) is 0 Å². The number of aryl methyl sites for hydroxylation is 1. The molecule has 0 saturated heterocycles. The van der Waals surface area contributed by atoms with Crippen LogP contribution in [-0.4, -0.2) is 15.8 Å². The average molecular weight is 343 g/mol. The minimum Gasteiger partial charge on any atom is -0.326 e. The summed E-state index contributed by atoms with van der Waals surface area (Å²) in [4.78, 5) is 11.7. The Kier molecular flexibility index (Phi) is 4.36. The summed E-state index contributed by atoms with van der Waals surface area (Å²) < 4.78 is 2.06. The molecule has 0 atom stereocenters. The second kappa shape index (κ2) is 6.95. The summed E-state index contributed by atoms with van der Waals surface area (Å²) in [5, 5.41) is 0. The van der Waals surface area contributed by atoms with E-state index < -0.39 is 0 Å². The molecular weight excluding hydrogens is 326 g/mol. The molecule has 0 fully saturated rings. The van der Waals surface area contributed by atoms with Crippen molar-refractivity contribution in [3.8, 4) is 0 Å². The zero-order valence-electron chi connectivity index (χ0n) is 13.8. The molecule has 4 rings (SSSR count). The summed E-state index contributed by atoms with van der Waals surface area (Å²) in [5.41, 5.74) is 3.04. The van der Waals surface area contributed by atoms with Crippen molar-refractivity contribution in [1.29, 1.82) is 0 Å². The minimum absolute atomic E-state index is 0.848. The van der Waals surface area contributed by atoms with E-state index in [4.69, 9.17) is 4.99 Å². The van der Waals surface area contributed by atoms with Crippen LogP contribution in [0.5, 0.6) is 0 Å². The summed E-state index contributed by atoms with van der Waals surface area (Å²) in [6, 6.07) is 26.6. The van der Waals surface area contributed by atoms with Gasteiger partial charge in [-0.3, -0.25) is 4.99 Å². The molecule has 4 heteroatoms. The molecule has 0 aliphatic heterocycles. The molecule has 0 radical (unpaired) electrons. The second-order valence-corrected chi connectivity index (χ2v) is 6.77. The largest absolute Gasteiger partial charge is 0.326 e. The van der Waals surface area contributed by atoms with E-state index in [0.717, 1.165) is 27.4 Å². The normalized spacial score (nSPS) is 11.4. The molecule has 0 N–H and O–H groups in total. The van der Waals surface area contributed by atoms with E-state index in [9.17, 15) is 0 Å². The molecule has 4 aromatic rings. The van der Waals surface area contributed by atoms with E-state index in [1.807, 2.05) is 67.9 Å². The van der Waals surface area contributed by atoms with Gasteiger partial charge in [-0.05, 0) is 36.4 Å². The average Bonchev–Trinajstić information content (AvgIpc) is 2.98. The Bertz CT molecular complexity index is 1040. The van der Waals surface area contributed by atoms with Gasteiger partial charge in [-0.2, -0.15) is 0 Å².